The Hall–Kier alpha value is -3.45. The maximum Gasteiger partial charge on any atom is 0.273 e. The summed E-state index contributed by atoms with van der Waals surface area (Å²) in [4.78, 5) is 38.5. The second-order valence-corrected chi connectivity index (χ2v) is 7.28. The van der Waals surface area contributed by atoms with E-state index in [0.717, 1.165) is 6.42 Å². The molecule has 0 unspecified atom stereocenters. The molecule has 0 radical (unpaired) electrons. The Balaban J connectivity index is 1.90. The van der Waals surface area contributed by atoms with Gasteiger partial charge < -0.3 is 10.6 Å². The predicted octanol–water partition coefficient (Wildman–Crippen LogP) is 4.18. The summed E-state index contributed by atoms with van der Waals surface area (Å²) in [7, 11) is 0. The van der Waals surface area contributed by atoms with Gasteiger partial charge in [0.2, 0.25) is 0 Å². The van der Waals surface area contributed by atoms with Gasteiger partial charge in [0.25, 0.3) is 11.8 Å². The first-order chi connectivity index (χ1) is 14.9. The molecule has 0 bridgehead atoms. The molecule has 0 aliphatic carbocycles. The molecule has 0 atom stereocenters. The number of hydrogen-bond donors (Lipinski definition) is 2. The maximum absolute atomic E-state index is 13.1. The average Bonchev–Trinajstić information content (AvgIpc) is 3.20. The third-order valence-corrected chi connectivity index (χ3v) is 4.86. The van der Waals surface area contributed by atoms with Crippen molar-refractivity contribution < 1.29 is 14.4 Å². The van der Waals surface area contributed by atoms with Gasteiger partial charge in [0.1, 0.15) is 0 Å². The highest BCUT2D eigenvalue weighted by atomic mass is 35.5. The van der Waals surface area contributed by atoms with Crippen LogP contribution in [-0.2, 0) is 6.54 Å². The van der Waals surface area contributed by atoms with Crippen molar-refractivity contribution in [2.75, 3.05) is 11.9 Å². The van der Waals surface area contributed by atoms with Crippen LogP contribution < -0.4 is 10.6 Å². The minimum Gasteiger partial charge on any atom is -0.351 e. The fourth-order valence-corrected chi connectivity index (χ4v) is 3.12. The molecule has 2 amide bonds. The summed E-state index contributed by atoms with van der Waals surface area (Å²) < 4.78 is 1.57. The molecule has 2 N–H and O–H groups in total. The Kier molecular flexibility index (Phi) is 7.20. The third-order valence-electron chi connectivity index (χ3n) is 4.61. The summed E-state index contributed by atoms with van der Waals surface area (Å²) in [6, 6.07) is 13.0. The molecule has 7 nitrogen and oxygen atoms in total. The van der Waals surface area contributed by atoms with E-state index < -0.39 is 5.91 Å². The quantitative estimate of drug-likeness (QED) is 0.516. The van der Waals surface area contributed by atoms with E-state index in [1.165, 1.54) is 0 Å². The number of hydrogen-bond acceptors (Lipinski definition) is 4. The van der Waals surface area contributed by atoms with Gasteiger partial charge in [0, 0.05) is 35.4 Å². The largest absolute Gasteiger partial charge is 0.351 e. The summed E-state index contributed by atoms with van der Waals surface area (Å²) >= 11 is 5.90. The highest BCUT2D eigenvalue weighted by Gasteiger charge is 2.22. The summed E-state index contributed by atoms with van der Waals surface area (Å²) in [5.74, 6) is -1.17. The molecule has 1 aromatic heterocycles. The summed E-state index contributed by atoms with van der Waals surface area (Å²) in [5.41, 5.74) is 1.29. The van der Waals surface area contributed by atoms with Crippen molar-refractivity contribution in [3.8, 4) is 0 Å². The van der Waals surface area contributed by atoms with E-state index in [1.54, 1.807) is 59.4 Å². The Morgan fingerprint density at radius 3 is 2.29 bits per heavy atom. The van der Waals surface area contributed by atoms with Crippen LogP contribution in [0.2, 0.25) is 5.02 Å². The number of aryl methyl sites for hydroxylation is 1. The Morgan fingerprint density at radius 2 is 1.65 bits per heavy atom. The lowest BCUT2D eigenvalue weighted by molar-refractivity contribution is 0.0948. The van der Waals surface area contributed by atoms with E-state index in [1.807, 2.05) is 13.8 Å². The van der Waals surface area contributed by atoms with Crippen molar-refractivity contribution in [3.05, 3.63) is 82.1 Å². The zero-order chi connectivity index (χ0) is 22.4. The number of rotatable bonds is 8. The Labute approximate surface area is 185 Å². The van der Waals surface area contributed by atoms with Gasteiger partial charge in [-0.3, -0.25) is 19.1 Å². The predicted molar refractivity (Wildman–Crippen MR) is 120 cm³/mol. The van der Waals surface area contributed by atoms with Crippen molar-refractivity contribution in [2.45, 2.75) is 26.8 Å². The molecule has 1 heterocycles. The first kappa shape index (κ1) is 22.2. The van der Waals surface area contributed by atoms with E-state index in [2.05, 4.69) is 15.7 Å². The minimum atomic E-state index is -0.502. The van der Waals surface area contributed by atoms with Crippen LogP contribution in [0.5, 0.6) is 0 Å². The molecular formula is C23H23ClN4O3. The highest BCUT2D eigenvalue weighted by molar-refractivity contribution is 6.30. The molecule has 0 spiro atoms. The minimum absolute atomic E-state index is 0.130. The number of amides is 2. The zero-order valence-corrected chi connectivity index (χ0v) is 18.1. The van der Waals surface area contributed by atoms with Gasteiger partial charge in [0.15, 0.2) is 11.5 Å². The Bertz CT molecular complexity index is 1110. The van der Waals surface area contributed by atoms with Crippen molar-refractivity contribution in [1.29, 1.82) is 0 Å². The lowest BCUT2D eigenvalue weighted by Crippen LogP contribution is -2.26. The molecule has 31 heavy (non-hydrogen) atoms. The van der Waals surface area contributed by atoms with Crippen LogP contribution in [0.3, 0.4) is 0 Å². The summed E-state index contributed by atoms with van der Waals surface area (Å²) in [6.07, 6.45) is 2.38. The lowest BCUT2D eigenvalue weighted by atomic mass is 9.98. The van der Waals surface area contributed by atoms with Gasteiger partial charge in [-0.25, -0.2) is 0 Å². The van der Waals surface area contributed by atoms with Crippen LogP contribution in [0.15, 0.2) is 54.7 Å². The molecule has 0 fully saturated rings. The normalized spacial score (nSPS) is 10.5. The average molecular weight is 439 g/mol. The maximum atomic E-state index is 13.1. The number of carbonyl (C=O) groups excluding carboxylic acids is 3. The van der Waals surface area contributed by atoms with Crippen molar-refractivity contribution in [2.24, 2.45) is 0 Å². The molecule has 3 rings (SSSR count). The monoisotopic (exact) mass is 438 g/mol. The standard InChI is InChI=1S/C23H23ClN4O3/c1-3-13-25-23(31)20-19(14-28(4-2)27-20)26-22(30)18-8-6-5-7-17(18)21(29)15-9-11-16(24)12-10-15/h5-12,14H,3-4,13H2,1-2H3,(H,25,31)(H,26,30). The van der Waals surface area contributed by atoms with Crippen LogP contribution in [0.4, 0.5) is 5.69 Å². The van der Waals surface area contributed by atoms with Crippen molar-refractivity contribution in [3.63, 3.8) is 0 Å². The second kappa shape index (κ2) is 10.0. The van der Waals surface area contributed by atoms with E-state index in [4.69, 9.17) is 11.6 Å². The van der Waals surface area contributed by atoms with Crippen LogP contribution in [-0.4, -0.2) is 33.9 Å². The molecule has 0 saturated heterocycles. The van der Waals surface area contributed by atoms with Crippen LogP contribution >= 0.6 is 11.6 Å². The molecule has 8 heteroatoms. The molecule has 0 aliphatic heterocycles. The molecular weight excluding hydrogens is 416 g/mol. The van der Waals surface area contributed by atoms with Crippen molar-refractivity contribution >= 4 is 34.9 Å². The van der Waals surface area contributed by atoms with Gasteiger partial charge >= 0.3 is 0 Å². The molecule has 0 saturated carbocycles. The molecule has 3 aromatic rings. The van der Waals surface area contributed by atoms with Gasteiger partial charge in [-0.1, -0.05) is 36.7 Å². The molecule has 160 valence electrons. The van der Waals surface area contributed by atoms with E-state index in [-0.39, 0.29) is 34.2 Å². The molecule has 2 aromatic carbocycles. The number of halogens is 1. The number of anilines is 1. The fraction of sp³-hybridized carbons (Fsp3) is 0.217. The van der Waals surface area contributed by atoms with E-state index in [0.29, 0.717) is 23.7 Å². The van der Waals surface area contributed by atoms with Gasteiger partial charge in [0.05, 0.1) is 11.3 Å². The summed E-state index contributed by atoms with van der Waals surface area (Å²) in [5, 5.41) is 10.3. The number of carbonyl (C=O) groups is 3. The van der Waals surface area contributed by atoms with Crippen molar-refractivity contribution in [1.82, 2.24) is 15.1 Å². The number of benzene rings is 2. The van der Waals surface area contributed by atoms with Gasteiger partial charge in [-0.15, -0.1) is 0 Å². The summed E-state index contributed by atoms with van der Waals surface area (Å²) in [6.45, 7) is 4.87. The highest BCUT2D eigenvalue weighted by Crippen LogP contribution is 2.20. The SMILES string of the molecule is CCCNC(=O)c1nn(CC)cc1NC(=O)c1ccccc1C(=O)c1ccc(Cl)cc1. The topological polar surface area (TPSA) is 93.1 Å². The van der Waals surface area contributed by atoms with Crippen LogP contribution in [0, 0.1) is 0 Å². The van der Waals surface area contributed by atoms with Crippen LogP contribution in [0.1, 0.15) is 57.0 Å². The first-order valence-corrected chi connectivity index (χ1v) is 10.4. The smallest absolute Gasteiger partial charge is 0.273 e. The van der Waals surface area contributed by atoms with Gasteiger partial charge in [-0.2, -0.15) is 5.10 Å². The first-order valence-electron chi connectivity index (χ1n) is 10.0. The number of nitrogens with zero attached hydrogens (tertiary/aromatic N) is 2. The lowest BCUT2D eigenvalue weighted by Gasteiger charge is -2.10. The Morgan fingerprint density at radius 1 is 0.968 bits per heavy atom. The zero-order valence-electron chi connectivity index (χ0n) is 17.3. The number of nitrogens with one attached hydrogen (secondary N) is 2. The number of aromatic nitrogens is 2. The third kappa shape index (κ3) is 5.19. The van der Waals surface area contributed by atoms with Crippen LogP contribution in [0.25, 0.3) is 0 Å². The second-order valence-electron chi connectivity index (χ2n) is 6.84. The molecule has 0 aliphatic rings. The number of ketones is 1. The van der Waals surface area contributed by atoms with E-state index in [9.17, 15) is 14.4 Å². The van der Waals surface area contributed by atoms with Gasteiger partial charge in [-0.05, 0) is 43.7 Å². The fourth-order valence-electron chi connectivity index (χ4n) is 2.99. The van der Waals surface area contributed by atoms with E-state index >= 15 is 0 Å².